The molecule has 0 fully saturated rings. The molecule has 0 aliphatic heterocycles. The van der Waals surface area contributed by atoms with Gasteiger partial charge in [0.2, 0.25) is 0 Å². The van der Waals surface area contributed by atoms with Gasteiger partial charge in [-0.25, -0.2) is 14.4 Å². The summed E-state index contributed by atoms with van der Waals surface area (Å²) in [6, 6.07) is 21.8. The summed E-state index contributed by atoms with van der Waals surface area (Å²) in [5, 5.41) is 3.43. The van der Waals surface area contributed by atoms with Gasteiger partial charge in [0.25, 0.3) is 5.91 Å². The van der Waals surface area contributed by atoms with Crippen molar-refractivity contribution in [1.29, 1.82) is 0 Å². The summed E-state index contributed by atoms with van der Waals surface area (Å²) in [4.78, 5) is 20.6. The number of benzene rings is 3. The van der Waals surface area contributed by atoms with Gasteiger partial charge in [-0.3, -0.25) is 4.79 Å². The highest BCUT2D eigenvalue weighted by Gasteiger charge is 2.23. The molecule has 7 nitrogen and oxygen atoms in total. The monoisotopic (exact) mass is 507 g/mol. The van der Waals surface area contributed by atoms with Gasteiger partial charge in [-0.2, -0.15) is 0 Å². The molecule has 0 spiro atoms. The molecule has 3 N–H and O–H groups in total. The highest BCUT2D eigenvalue weighted by atomic mass is 19.1. The fourth-order valence-corrected chi connectivity index (χ4v) is 4.35. The van der Waals surface area contributed by atoms with E-state index >= 15 is 4.39 Å². The number of nitrogens with two attached hydrogens (primary N) is 1. The smallest absolute Gasteiger partial charge is 0.250 e. The molecule has 2 aromatic heterocycles. The van der Waals surface area contributed by atoms with Crippen LogP contribution >= 0.6 is 0 Å². The zero-order chi connectivity index (χ0) is 26.8. The van der Waals surface area contributed by atoms with E-state index in [9.17, 15) is 4.79 Å². The minimum atomic E-state index is -0.491. The minimum absolute atomic E-state index is 0.154. The van der Waals surface area contributed by atoms with E-state index in [1.165, 1.54) is 12.4 Å². The second kappa shape index (κ2) is 10.2. The highest BCUT2D eigenvalue weighted by Crippen LogP contribution is 2.42. The van der Waals surface area contributed by atoms with Gasteiger partial charge in [0.1, 0.15) is 24.4 Å². The number of rotatable bonds is 7. The van der Waals surface area contributed by atoms with Crippen LogP contribution in [0.5, 0.6) is 5.75 Å². The van der Waals surface area contributed by atoms with Gasteiger partial charge in [0, 0.05) is 23.9 Å². The number of nitrogens with zero attached hydrogens (tertiary/aromatic N) is 3. The van der Waals surface area contributed by atoms with E-state index in [4.69, 9.17) is 10.5 Å². The number of halogens is 1. The number of nitrogens with one attached hydrogen (secondary N) is 1. The number of ether oxygens (including phenoxy) is 1. The van der Waals surface area contributed by atoms with E-state index in [2.05, 4.69) is 21.9 Å². The van der Waals surface area contributed by atoms with Gasteiger partial charge in [0.05, 0.1) is 11.1 Å². The maximum absolute atomic E-state index is 15.3. The van der Waals surface area contributed by atoms with Crippen LogP contribution in [0.1, 0.15) is 12.5 Å². The van der Waals surface area contributed by atoms with Gasteiger partial charge >= 0.3 is 0 Å². The molecular weight excluding hydrogens is 481 g/mol. The number of carbonyl (C=O) groups excluding carboxylic acids is 1. The quantitative estimate of drug-likeness (QED) is 0.259. The number of hydrogen-bond acceptors (Lipinski definition) is 5. The molecular formula is C30H26FN5O2. The molecule has 0 atom stereocenters. The third-order valence-corrected chi connectivity index (χ3v) is 6.26. The number of fused-ring (bicyclic) bond motifs is 1. The summed E-state index contributed by atoms with van der Waals surface area (Å²) in [5.74, 6) is -0.297. The number of nitrogen functional groups attached to an aromatic ring is 1. The average Bonchev–Trinajstić information content (AvgIpc) is 3.22. The van der Waals surface area contributed by atoms with Crippen LogP contribution in [0.15, 0.2) is 91.3 Å². The molecule has 0 unspecified atom stereocenters. The molecule has 5 aromatic rings. The molecule has 8 heteroatoms. The molecule has 38 heavy (non-hydrogen) atoms. The Morgan fingerprint density at radius 3 is 2.45 bits per heavy atom. The Balaban J connectivity index is 1.57. The predicted octanol–water partition coefficient (Wildman–Crippen LogP) is 6.12. The Kier molecular flexibility index (Phi) is 6.62. The molecule has 1 amide bonds. The van der Waals surface area contributed by atoms with Gasteiger partial charge in [0.15, 0.2) is 11.6 Å². The van der Waals surface area contributed by atoms with Crippen LogP contribution in [0, 0.1) is 5.82 Å². The lowest BCUT2D eigenvalue weighted by Gasteiger charge is -2.12. The maximum atomic E-state index is 15.3. The van der Waals surface area contributed by atoms with E-state index < -0.39 is 5.82 Å². The fraction of sp³-hybridized carbons (Fsp3) is 0.100. The van der Waals surface area contributed by atoms with Crippen molar-refractivity contribution in [2.75, 3.05) is 11.1 Å². The Labute approximate surface area is 219 Å². The van der Waals surface area contributed by atoms with Crippen molar-refractivity contribution in [3.05, 3.63) is 103 Å². The third kappa shape index (κ3) is 4.71. The first-order valence-electron chi connectivity index (χ1n) is 12.0. The van der Waals surface area contributed by atoms with Gasteiger partial charge in [-0.15, -0.1) is 0 Å². The van der Waals surface area contributed by atoms with Crippen LogP contribution in [0.4, 0.5) is 15.9 Å². The first kappa shape index (κ1) is 24.7. The van der Waals surface area contributed by atoms with Gasteiger partial charge in [-0.05, 0) is 47.9 Å². The number of anilines is 2. The number of aryl methyl sites for hydroxylation is 1. The van der Waals surface area contributed by atoms with Gasteiger partial charge in [-0.1, -0.05) is 55.1 Å². The lowest BCUT2D eigenvalue weighted by atomic mass is 9.98. The number of aromatic nitrogens is 3. The van der Waals surface area contributed by atoms with Crippen molar-refractivity contribution in [1.82, 2.24) is 14.5 Å². The van der Waals surface area contributed by atoms with E-state index in [1.807, 2.05) is 54.1 Å². The van der Waals surface area contributed by atoms with Crippen LogP contribution in [0.3, 0.4) is 0 Å². The summed E-state index contributed by atoms with van der Waals surface area (Å²) in [6.45, 7) is 5.57. The predicted molar refractivity (Wildman–Crippen MR) is 148 cm³/mol. The van der Waals surface area contributed by atoms with E-state index in [1.54, 1.807) is 31.2 Å². The van der Waals surface area contributed by atoms with Crippen molar-refractivity contribution in [2.45, 2.75) is 13.5 Å². The van der Waals surface area contributed by atoms with E-state index in [0.29, 0.717) is 39.2 Å². The Morgan fingerprint density at radius 1 is 1.05 bits per heavy atom. The number of hydrogen-bond donors (Lipinski definition) is 2. The SMILES string of the molecule is C=C(C)C(=O)Nc1ccc(-c2c(-c3ccc(OCc4ccccc4)c(F)c3)c3c(N)ncnc3n2C)cc1. The molecule has 5 rings (SSSR count). The van der Waals surface area contributed by atoms with Crippen LogP contribution < -0.4 is 15.8 Å². The molecule has 0 saturated carbocycles. The molecule has 0 bridgehead atoms. The average molecular weight is 508 g/mol. The van der Waals surface area contributed by atoms with Crippen molar-refractivity contribution < 1.29 is 13.9 Å². The summed E-state index contributed by atoms with van der Waals surface area (Å²) in [5.41, 5.74) is 11.8. The zero-order valence-electron chi connectivity index (χ0n) is 21.0. The van der Waals surface area contributed by atoms with Crippen LogP contribution in [-0.4, -0.2) is 20.4 Å². The van der Waals surface area contributed by atoms with Crippen LogP contribution in [0.2, 0.25) is 0 Å². The molecule has 190 valence electrons. The van der Waals surface area contributed by atoms with Crippen molar-refractivity contribution in [2.24, 2.45) is 7.05 Å². The standard InChI is InChI=1S/C30H26FN5O2/c1-18(2)30(37)35-22-12-9-20(10-13-22)27-25(26-28(32)33-17-34-29(26)36(27)3)21-11-14-24(23(31)15-21)38-16-19-7-5-4-6-8-19/h4-15,17H,1,16H2,2-3H3,(H,35,37)(H2,32,33,34). The summed E-state index contributed by atoms with van der Waals surface area (Å²) in [6.07, 6.45) is 1.41. The van der Waals surface area contributed by atoms with E-state index in [-0.39, 0.29) is 18.3 Å². The molecule has 2 heterocycles. The largest absolute Gasteiger partial charge is 0.486 e. The first-order valence-corrected chi connectivity index (χ1v) is 12.0. The summed E-state index contributed by atoms with van der Waals surface area (Å²) >= 11 is 0. The Bertz CT molecular complexity index is 1660. The first-order chi connectivity index (χ1) is 18.3. The highest BCUT2D eigenvalue weighted by molar-refractivity contribution is 6.08. The van der Waals surface area contributed by atoms with Crippen molar-refractivity contribution in [3.8, 4) is 28.1 Å². The minimum Gasteiger partial charge on any atom is -0.486 e. The van der Waals surface area contributed by atoms with E-state index in [0.717, 1.165) is 16.8 Å². The summed E-state index contributed by atoms with van der Waals surface area (Å²) < 4.78 is 22.9. The fourth-order valence-electron chi connectivity index (χ4n) is 4.35. The third-order valence-electron chi connectivity index (χ3n) is 6.26. The summed E-state index contributed by atoms with van der Waals surface area (Å²) in [7, 11) is 1.87. The van der Waals surface area contributed by atoms with Crippen LogP contribution in [-0.2, 0) is 18.4 Å². The maximum Gasteiger partial charge on any atom is 0.250 e. The molecule has 3 aromatic carbocycles. The lowest BCUT2D eigenvalue weighted by molar-refractivity contribution is -0.112. The van der Waals surface area contributed by atoms with Crippen LogP contribution in [0.25, 0.3) is 33.4 Å². The van der Waals surface area contributed by atoms with Gasteiger partial charge < -0.3 is 20.4 Å². The molecule has 0 aliphatic rings. The number of carbonyl (C=O) groups is 1. The second-order valence-corrected chi connectivity index (χ2v) is 8.97. The Hall–Kier alpha value is -4.98. The van der Waals surface area contributed by atoms with Crippen molar-refractivity contribution >= 4 is 28.4 Å². The van der Waals surface area contributed by atoms with Crippen molar-refractivity contribution in [3.63, 3.8) is 0 Å². The topological polar surface area (TPSA) is 95.1 Å². The number of amides is 1. The second-order valence-electron chi connectivity index (χ2n) is 8.97. The Morgan fingerprint density at radius 2 is 1.76 bits per heavy atom. The molecule has 0 radical (unpaired) electrons. The zero-order valence-corrected chi connectivity index (χ0v) is 21.0. The lowest BCUT2D eigenvalue weighted by Crippen LogP contribution is -2.11. The molecule has 0 aliphatic carbocycles. The molecule has 0 saturated heterocycles. The normalized spacial score (nSPS) is 10.9.